The van der Waals surface area contributed by atoms with Crippen molar-refractivity contribution in [2.24, 2.45) is 0 Å². The average molecular weight is 332 g/mol. The zero-order valence-corrected chi connectivity index (χ0v) is 14.6. The molecule has 1 saturated heterocycles. The van der Waals surface area contributed by atoms with E-state index in [0.29, 0.717) is 18.5 Å². The third-order valence-electron chi connectivity index (χ3n) is 4.96. The van der Waals surface area contributed by atoms with Crippen LogP contribution in [-0.2, 0) is 11.3 Å². The Labute approximate surface area is 142 Å². The number of rotatable bonds is 6. The summed E-state index contributed by atoms with van der Waals surface area (Å²) in [6.07, 6.45) is 0.979. The van der Waals surface area contributed by atoms with E-state index < -0.39 is 0 Å². The van der Waals surface area contributed by atoms with E-state index in [1.54, 1.807) is 7.11 Å². The van der Waals surface area contributed by atoms with E-state index in [4.69, 9.17) is 9.72 Å². The van der Waals surface area contributed by atoms with Gasteiger partial charge in [0.15, 0.2) is 5.82 Å². The van der Waals surface area contributed by atoms with E-state index in [1.165, 1.54) is 4.90 Å². The summed E-state index contributed by atoms with van der Waals surface area (Å²) < 4.78 is 7.07. The van der Waals surface area contributed by atoms with Crippen LogP contribution in [0.2, 0.25) is 0 Å². The molecule has 2 aromatic rings. The largest absolute Gasteiger partial charge is 0.383 e. The Morgan fingerprint density at radius 2 is 2.08 bits per heavy atom. The van der Waals surface area contributed by atoms with Gasteiger partial charge in [0.1, 0.15) is 32.2 Å². The molecule has 130 valence electrons. The number of fused-ring (bicyclic) bond motifs is 1. The van der Waals surface area contributed by atoms with E-state index in [2.05, 4.69) is 12.2 Å². The van der Waals surface area contributed by atoms with Crippen LogP contribution in [0.1, 0.15) is 25.2 Å². The van der Waals surface area contributed by atoms with E-state index in [-0.39, 0.29) is 11.6 Å². The number of methoxy groups -OCH3 is 1. The number of benzene rings is 1. The fourth-order valence-corrected chi connectivity index (χ4v) is 3.70. The molecule has 2 heterocycles. The van der Waals surface area contributed by atoms with Gasteiger partial charge in [-0.1, -0.05) is 19.1 Å². The first kappa shape index (κ1) is 17.1. The molecule has 1 fully saturated rings. The van der Waals surface area contributed by atoms with Crippen LogP contribution in [0.4, 0.5) is 0 Å². The van der Waals surface area contributed by atoms with Crippen LogP contribution < -0.4 is 15.8 Å². The minimum atomic E-state index is 0.0501. The van der Waals surface area contributed by atoms with Gasteiger partial charge in [0.2, 0.25) is 0 Å². The average Bonchev–Trinajstić information content (AvgIpc) is 2.63. The highest BCUT2D eigenvalue weighted by atomic mass is 16.5. The van der Waals surface area contributed by atoms with E-state index >= 15 is 0 Å². The molecule has 0 unspecified atom stereocenters. The number of nitrogens with two attached hydrogens (primary N) is 1. The Balaban J connectivity index is 2.10. The number of ether oxygens (including phenoxy) is 1. The highest BCUT2D eigenvalue weighted by Crippen LogP contribution is 2.14. The highest BCUT2D eigenvalue weighted by Gasteiger charge is 2.30. The van der Waals surface area contributed by atoms with Crippen molar-refractivity contribution in [1.29, 1.82) is 0 Å². The van der Waals surface area contributed by atoms with Crippen molar-refractivity contribution in [3.8, 4) is 0 Å². The van der Waals surface area contributed by atoms with Gasteiger partial charge in [0.05, 0.1) is 24.1 Å². The Morgan fingerprint density at radius 3 is 2.79 bits per heavy atom. The molecule has 1 aromatic heterocycles. The lowest BCUT2D eigenvalue weighted by Gasteiger charge is -2.30. The molecule has 6 heteroatoms. The number of piperazine rings is 1. The summed E-state index contributed by atoms with van der Waals surface area (Å²) in [5, 5.41) is 3.05. The molecule has 3 N–H and O–H groups in total. The predicted octanol–water partition coefficient (Wildman–Crippen LogP) is -1.04. The van der Waals surface area contributed by atoms with Gasteiger partial charge in [-0.2, -0.15) is 0 Å². The first-order valence-corrected chi connectivity index (χ1v) is 8.91. The summed E-state index contributed by atoms with van der Waals surface area (Å²) >= 11 is 0. The molecule has 0 spiro atoms. The van der Waals surface area contributed by atoms with Gasteiger partial charge in [-0.3, -0.25) is 9.36 Å². The van der Waals surface area contributed by atoms with Gasteiger partial charge >= 0.3 is 0 Å². The lowest BCUT2D eigenvalue weighted by Crippen LogP contribution is -3.20. The summed E-state index contributed by atoms with van der Waals surface area (Å²) in [7, 11) is 1.67. The van der Waals surface area contributed by atoms with Crippen LogP contribution >= 0.6 is 0 Å². The number of quaternary nitrogens is 2. The quantitative estimate of drug-likeness (QED) is 0.710. The van der Waals surface area contributed by atoms with Crippen LogP contribution in [0.3, 0.4) is 0 Å². The van der Waals surface area contributed by atoms with Crippen LogP contribution in [0, 0.1) is 0 Å². The molecular weight excluding hydrogens is 304 g/mol. The topological polar surface area (TPSA) is 65.2 Å². The Bertz CT molecular complexity index is 737. The Morgan fingerprint density at radius 1 is 1.33 bits per heavy atom. The van der Waals surface area contributed by atoms with Crippen molar-refractivity contribution in [1.82, 2.24) is 9.55 Å². The summed E-state index contributed by atoms with van der Waals surface area (Å²) in [4.78, 5) is 19.5. The lowest BCUT2D eigenvalue weighted by molar-refractivity contribution is -0.973. The van der Waals surface area contributed by atoms with Gasteiger partial charge in [-0.25, -0.2) is 4.98 Å². The monoisotopic (exact) mass is 332 g/mol. The number of hydrogen-bond acceptors (Lipinski definition) is 3. The molecule has 0 bridgehead atoms. The summed E-state index contributed by atoms with van der Waals surface area (Å²) in [5.41, 5.74) is 0.849. The Hall–Kier alpha value is -1.76. The SMILES string of the molecule is CC[C@H](c1nc2ccccc2c(=O)n1CCOC)[NH+]1CC[NH2+]CC1. The third kappa shape index (κ3) is 3.36. The maximum absolute atomic E-state index is 13.0. The van der Waals surface area contributed by atoms with Gasteiger partial charge < -0.3 is 15.0 Å². The van der Waals surface area contributed by atoms with Gasteiger partial charge in [0, 0.05) is 13.5 Å². The van der Waals surface area contributed by atoms with E-state index in [9.17, 15) is 4.79 Å². The van der Waals surface area contributed by atoms with Crippen LogP contribution in [0.25, 0.3) is 10.9 Å². The zero-order chi connectivity index (χ0) is 16.9. The number of nitrogens with zero attached hydrogens (tertiary/aromatic N) is 2. The zero-order valence-electron chi connectivity index (χ0n) is 14.6. The predicted molar refractivity (Wildman–Crippen MR) is 93.3 cm³/mol. The van der Waals surface area contributed by atoms with Gasteiger partial charge in [-0.15, -0.1) is 0 Å². The van der Waals surface area contributed by atoms with Crippen molar-refractivity contribution < 1.29 is 15.0 Å². The van der Waals surface area contributed by atoms with Crippen LogP contribution in [0.15, 0.2) is 29.1 Å². The molecule has 1 atom stereocenters. The van der Waals surface area contributed by atoms with Crippen LogP contribution in [-0.4, -0.2) is 49.4 Å². The minimum Gasteiger partial charge on any atom is -0.383 e. The summed E-state index contributed by atoms with van der Waals surface area (Å²) in [6, 6.07) is 7.90. The highest BCUT2D eigenvalue weighted by molar-refractivity contribution is 5.77. The second-order valence-electron chi connectivity index (χ2n) is 6.42. The Kier molecular flexibility index (Phi) is 5.60. The molecule has 0 radical (unpaired) electrons. The molecule has 1 aliphatic heterocycles. The van der Waals surface area contributed by atoms with Crippen molar-refractivity contribution in [2.45, 2.75) is 25.9 Å². The number of nitrogens with one attached hydrogen (secondary N) is 1. The second-order valence-corrected chi connectivity index (χ2v) is 6.42. The molecule has 0 amide bonds. The maximum Gasteiger partial charge on any atom is 0.261 e. The van der Waals surface area contributed by atoms with Crippen molar-refractivity contribution in [2.75, 3.05) is 39.9 Å². The van der Waals surface area contributed by atoms with Gasteiger partial charge in [-0.05, 0) is 12.1 Å². The van der Waals surface area contributed by atoms with Crippen molar-refractivity contribution >= 4 is 10.9 Å². The molecule has 1 aliphatic rings. The van der Waals surface area contributed by atoms with Gasteiger partial charge in [0.25, 0.3) is 5.56 Å². The maximum atomic E-state index is 13.0. The molecule has 24 heavy (non-hydrogen) atoms. The lowest BCUT2D eigenvalue weighted by atomic mass is 10.1. The fourth-order valence-electron chi connectivity index (χ4n) is 3.70. The van der Waals surface area contributed by atoms with Crippen LogP contribution in [0.5, 0.6) is 0 Å². The normalized spacial score (nSPS) is 17.2. The standard InChI is InChI=1S/C18H26N4O2/c1-3-16(21-10-8-19-9-11-21)17-20-15-7-5-4-6-14(15)18(23)22(17)12-13-24-2/h4-7,16,19H,3,8-13H2,1-2H3/p+2/t16-/m1/s1. The second kappa shape index (κ2) is 7.88. The van der Waals surface area contributed by atoms with Crippen molar-refractivity contribution in [3.05, 3.63) is 40.4 Å². The van der Waals surface area contributed by atoms with E-state index in [0.717, 1.165) is 43.9 Å². The molecule has 3 rings (SSSR count). The van der Waals surface area contributed by atoms with Crippen molar-refractivity contribution in [3.63, 3.8) is 0 Å². The molecule has 1 aromatic carbocycles. The number of para-hydroxylation sites is 1. The fraction of sp³-hybridized carbons (Fsp3) is 0.556. The molecule has 6 nitrogen and oxygen atoms in total. The minimum absolute atomic E-state index is 0.0501. The number of aromatic nitrogens is 2. The molecule has 0 saturated carbocycles. The first-order chi connectivity index (χ1) is 11.8. The first-order valence-electron chi connectivity index (χ1n) is 8.91. The smallest absolute Gasteiger partial charge is 0.261 e. The summed E-state index contributed by atoms with van der Waals surface area (Å²) in [6.45, 7) is 7.78. The summed E-state index contributed by atoms with van der Waals surface area (Å²) in [5.74, 6) is 0.912. The van der Waals surface area contributed by atoms with E-state index in [1.807, 2.05) is 28.8 Å². The molecule has 0 aliphatic carbocycles. The number of hydrogen-bond donors (Lipinski definition) is 2. The third-order valence-corrected chi connectivity index (χ3v) is 4.96. The molecular formula is C18H28N4O2+2.